The van der Waals surface area contributed by atoms with Crippen molar-refractivity contribution < 1.29 is 0 Å². The molecule has 5 nitrogen and oxygen atoms in total. The summed E-state index contributed by atoms with van der Waals surface area (Å²) in [6.45, 7) is 9.15. The summed E-state index contributed by atoms with van der Waals surface area (Å²) in [5, 5.41) is 2.21. The molecule has 0 saturated carbocycles. The van der Waals surface area contributed by atoms with Gasteiger partial charge in [0.15, 0.2) is 0 Å². The summed E-state index contributed by atoms with van der Waals surface area (Å²) in [6.07, 6.45) is 5.65. The Labute approximate surface area is 148 Å². The normalized spacial score (nSPS) is 24.4. The lowest BCUT2D eigenvalue weighted by Crippen LogP contribution is -2.52. The lowest BCUT2D eigenvalue weighted by Gasteiger charge is -2.39. The molecule has 4 heterocycles. The molecule has 130 valence electrons. The summed E-state index contributed by atoms with van der Waals surface area (Å²) in [6, 6.07) is 0.660. The van der Waals surface area contributed by atoms with Gasteiger partial charge < -0.3 is 9.80 Å². The lowest BCUT2D eigenvalue weighted by atomic mass is 10.1. The number of thiophene rings is 1. The van der Waals surface area contributed by atoms with Gasteiger partial charge in [-0.15, -0.1) is 11.3 Å². The van der Waals surface area contributed by atoms with E-state index in [9.17, 15) is 0 Å². The van der Waals surface area contributed by atoms with E-state index < -0.39 is 0 Å². The first-order valence-corrected chi connectivity index (χ1v) is 9.96. The minimum absolute atomic E-state index is 0.660. The molecule has 24 heavy (non-hydrogen) atoms. The molecule has 0 spiro atoms. The Balaban J connectivity index is 1.57. The molecule has 4 rings (SSSR count). The molecule has 0 radical (unpaired) electrons. The van der Waals surface area contributed by atoms with E-state index in [0.717, 1.165) is 24.4 Å². The van der Waals surface area contributed by atoms with Gasteiger partial charge in [0.2, 0.25) is 0 Å². The topological polar surface area (TPSA) is 35.5 Å². The Kier molecular flexibility index (Phi) is 4.70. The Morgan fingerprint density at radius 1 is 1.08 bits per heavy atom. The number of anilines is 1. The number of hydrogen-bond donors (Lipinski definition) is 0. The quantitative estimate of drug-likeness (QED) is 0.836. The molecular weight excluding hydrogens is 318 g/mol. The van der Waals surface area contributed by atoms with E-state index in [4.69, 9.17) is 0 Å². The summed E-state index contributed by atoms with van der Waals surface area (Å²) in [7, 11) is 2.23. The maximum absolute atomic E-state index is 4.68. The third-order valence-electron chi connectivity index (χ3n) is 5.51. The monoisotopic (exact) mass is 345 g/mol. The van der Waals surface area contributed by atoms with Crippen molar-refractivity contribution in [3.05, 3.63) is 17.3 Å². The first-order valence-electron chi connectivity index (χ1n) is 9.08. The third kappa shape index (κ3) is 3.15. The lowest BCUT2D eigenvalue weighted by molar-refractivity contribution is 0.110. The van der Waals surface area contributed by atoms with E-state index in [1.54, 1.807) is 17.7 Å². The second-order valence-electron chi connectivity index (χ2n) is 7.23. The maximum Gasteiger partial charge on any atom is 0.150 e. The molecule has 2 aromatic heterocycles. The van der Waals surface area contributed by atoms with Crippen molar-refractivity contribution >= 4 is 27.4 Å². The van der Waals surface area contributed by atoms with Crippen LogP contribution in [0.25, 0.3) is 10.2 Å². The molecule has 0 bridgehead atoms. The molecule has 6 heteroatoms. The van der Waals surface area contributed by atoms with Crippen LogP contribution in [0.3, 0.4) is 0 Å². The van der Waals surface area contributed by atoms with E-state index >= 15 is 0 Å². The van der Waals surface area contributed by atoms with Crippen LogP contribution in [0.5, 0.6) is 0 Å². The summed E-state index contributed by atoms with van der Waals surface area (Å²) in [4.78, 5) is 16.8. The van der Waals surface area contributed by atoms with Gasteiger partial charge in [-0.3, -0.25) is 4.90 Å². The number of likely N-dealkylation sites (N-methyl/N-ethyl adjacent to an activating group) is 1. The SMILES string of the molecule is Cc1csc2c(N3CCCC[C@@H](N4CCN(C)CC4)C3)ncnc12. The zero-order chi connectivity index (χ0) is 16.5. The highest BCUT2D eigenvalue weighted by Gasteiger charge is 2.27. The molecule has 2 aliphatic rings. The fraction of sp³-hybridized carbons (Fsp3) is 0.667. The van der Waals surface area contributed by atoms with Gasteiger partial charge in [0.1, 0.15) is 12.1 Å². The highest BCUT2D eigenvalue weighted by atomic mass is 32.1. The summed E-state index contributed by atoms with van der Waals surface area (Å²) in [5.74, 6) is 1.15. The van der Waals surface area contributed by atoms with Crippen molar-refractivity contribution in [2.24, 2.45) is 0 Å². The van der Waals surface area contributed by atoms with E-state index in [2.05, 4.69) is 44.0 Å². The Morgan fingerprint density at radius 3 is 2.75 bits per heavy atom. The molecular formula is C18H27N5S. The fourth-order valence-electron chi connectivity index (χ4n) is 3.98. The van der Waals surface area contributed by atoms with Crippen LogP contribution in [0, 0.1) is 6.92 Å². The van der Waals surface area contributed by atoms with Gasteiger partial charge in [0, 0.05) is 45.3 Å². The smallest absolute Gasteiger partial charge is 0.150 e. The second kappa shape index (κ2) is 6.94. The predicted molar refractivity (Wildman–Crippen MR) is 101 cm³/mol. The van der Waals surface area contributed by atoms with Crippen LogP contribution in [0.4, 0.5) is 5.82 Å². The van der Waals surface area contributed by atoms with Crippen LogP contribution in [0.1, 0.15) is 24.8 Å². The van der Waals surface area contributed by atoms with Crippen molar-refractivity contribution in [3.63, 3.8) is 0 Å². The molecule has 0 N–H and O–H groups in total. The predicted octanol–water partition coefficient (Wildman–Crippen LogP) is 2.61. The minimum atomic E-state index is 0.660. The average Bonchev–Trinajstić information content (AvgIpc) is 2.83. The first kappa shape index (κ1) is 16.2. The number of nitrogens with zero attached hydrogens (tertiary/aromatic N) is 5. The summed E-state index contributed by atoms with van der Waals surface area (Å²) >= 11 is 1.79. The van der Waals surface area contributed by atoms with Gasteiger partial charge in [-0.25, -0.2) is 9.97 Å². The van der Waals surface area contributed by atoms with E-state index in [0.29, 0.717) is 6.04 Å². The van der Waals surface area contributed by atoms with E-state index in [1.807, 2.05) is 0 Å². The summed E-state index contributed by atoms with van der Waals surface area (Å²) < 4.78 is 1.26. The average molecular weight is 346 g/mol. The van der Waals surface area contributed by atoms with Crippen molar-refractivity contribution in [1.29, 1.82) is 0 Å². The first-order chi connectivity index (χ1) is 11.7. The Morgan fingerprint density at radius 2 is 1.92 bits per heavy atom. The van der Waals surface area contributed by atoms with Crippen LogP contribution in [-0.4, -0.2) is 72.1 Å². The molecule has 2 saturated heterocycles. The maximum atomic E-state index is 4.68. The van der Waals surface area contributed by atoms with Crippen molar-refractivity contribution in [2.75, 3.05) is 51.2 Å². The highest BCUT2D eigenvalue weighted by Crippen LogP contribution is 2.32. The van der Waals surface area contributed by atoms with Gasteiger partial charge in [-0.1, -0.05) is 6.42 Å². The van der Waals surface area contributed by atoms with Crippen molar-refractivity contribution in [2.45, 2.75) is 32.2 Å². The molecule has 0 aromatic carbocycles. The van der Waals surface area contributed by atoms with Gasteiger partial charge in [-0.05, 0) is 37.8 Å². The molecule has 2 fully saturated rings. The minimum Gasteiger partial charge on any atom is -0.354 e. The van der Waals surface area contributed by atoms with Gasteiger partial charge >= 0.3 is 0 Å². The zero-order valence-corrected chi connectivity index (χ0v) is 15.6. The Bertz CT molecular complexity index is 692. The fourth-order valence-corrected chi connectivity index (χ4v) is 5.00. The largest absolute Gasteiger partial charge is 0.354 e. The van der Waals surface area contributed by atoms with Crippen LogP contribution >= 0.6 is 11.3 Å². The Hall–Kier alpha value is -1.24. The van der Waals surface area contributed by atoms with Gasteiger partial charge in [-0.2, -0.15) is 0 Å². The van der Waals surface area contributed by atoms with Crippen LogP contribution in [0.15, 0.2) is 11.7 Å². The van der Waals surface area contributed by atoms with Crippen LogP contribution < -0.4 is 4.90 Å². The molecule has 0 unspecified atom stereocenters. The summed E-state index contributed by atoms with van der Waals surface area (Å²) in [5.41, 5.74) is 2.40. The third-order valence-corrected chi connectivity index (χ3v) is 6.60. The number of fused-ring (bicyclic) bond motifs is 1. The molecule has 0 amide bonds. The standard InChI is InChI=1S/C18H27N5S/c1-14-12-24-17-16(14)19-13-20-18(17)23-6-4-3-5-15(11-23)22-9-7-21(2)8-10-22/h12-13,15H,3-11H2,1-2H3/t15-/m1/s1. The van der Waals surface area contributed by atoms with Gasteiger partial charge in [0.25, 0.3) is 0 Å². The molecule has 1 atom stereocenters. The number of hydrogen-bond acceptors (Lipinski definition) is 6. The number of rotatable bonds is 2. The van der Waals surface area contributed by atoms with E-state index in [-0.39, 0.29) is 0 Å². The van der Waals surface area contributed by atoms with Crippen LogP contribution in [0.2, 0.25) is 0 Å². The van der Waals surface area contributed by atoms with Crippen molar-refractivity contribution in [3.8, 4) is 0 Å². The molecule has 2 aliphatic heterocycles. The molecule has 0 aliphatic carbocycles. The van der Waals surface area contributed by atoms with Gasteiger partial charge in [0.05, 0.1) is 10.2 Å². The number of piperazine rings is 1. The van der Waals surface area contributed by atoms with E-state index in [1.165, 1.54) is 55.7 Å². The molecule has 2 aromatic rings. The second-order valence-corrected chi connectivity index (χ2v) is 8.11. The zero-order valence-electron chi connectivity index (χ0n) is 14.7. The van der Waals surface area contributed by atoms with Crippen molar-refractivity contribution in [1.82, 2.24) is 19.8 Å². The highest BCUT2D eigenvalue weighted by molar-refractivity contribution is 7.18. The van der Waals surface area contributed by atoms with Crippen LogP contribution in [-0.2, 0) is 0 Å². The number of aryl methyl sites for hydroxylation is 1. The number of aromatic nitrogens is 2.